The van der Waals surface area contributed by atoms with E-state index in [1.54, 1.807) is 0 Å². The molecule has 1 nitrogen and oxygen atoms in total. The lowest BCUT2D eigenvalue weighted by atomic mass is 9.80. The minimum absolute atomic E-state index is 0.569. The van der Waals surface area contributed by atoms with Gasteiger partial charge in [-0.25, -0.2) is 0 Å². The third kappa shape index (κ3) is 3.82. The van der Waals surface area contributed by atoms with Crippen LogP contribution in [0, 0.1) is 19.8 Å². The quantitative estimate of drug-likeness (QED) is 0.791. The fraction of sp³-hybridized carbons (Fsp3) is 0.667. The summed E-state index contributed by atoms with van der Waals surface area (Å²) in [4.78, 5) is 0. The molecule has 0 spiro atoms. The van der Waals surface area contributed by atoms with Gasteiger partial charge in [-0.3, -0.25) is 0 Å². The van der Waals surface area contributed by atoms with Crippen LogP contribution in [0.25, 0.3) is 0 Å². The zero-order valence-electron chi connectivity index (χ0n) is 12.8. The Morgan fingerprint density at radius 3 is 2.47 bits per heavy atom. The molecule has 0 amide bonds. The predicted octanol–water partition coefficient (Wildman–Crippen LogP) is 4.92. The molecule has 0 bridgehead atoms. The highest BCUT2D eigenvalue weighted by molar-refractivity contribution is 5.32. The number of rotatable bonds is 5. The molecule has 2 rings (SSSR count). The van der Waals surface area contributed by atoms with Crippen LogP contribution in [0.3, 0.4) is 0 Å². The van der Waals surface area contributed by atoms with E-state index in [9.17, 15) is 0 Å². The largest absolute Gasteiger partial charge is 0.310 e. The zero-order valence-corrected chi connectivity index (χ0v) is 12.8. The summed E-state index contributed by atoms with van der Waals surface area (Å²) >= 11 is 0. The molecular formula is C18H29N. The molecule has 19 heavy (non-hydrogen) atoms. The van der Waals surface area contributed by atoms with Gasteiger partial charge in [-0.15, -0.1) is 0 Å². The van der Waals surface area contributed by atoms with Crippen LogP contribution in [-0.2, 0) is 0 Å². The van der Waals surface area contributed by atoms with Gasteiger partial charge >= 0.3 is 0 Å². The van der Waals surface area contributed by atoms with Crippen LogP contribution in [0.5, 0.6) is 0 Å². The molecular weight excluding hydrogens is 230 g/mol. The summed E-state index contributed by atoms with van der Waals surface area (Å²) in [5.74, 6) is 0.836. The predicted molar refractivity (Wildman–Crippen MR) is 83.5 cm³/mol. The number of nitrogens with one attached hydrogen (secondary N) is 1. The number of hydrogen-bond acceptors (Lipinski definition) is 1. The van der Waals surface area contributed by atoms with Gasteiger partial charge in [0, 0.05) is 6.04 Å². The molecule has 1 aromatic rings. The summed E-state index contributed by atoms with van der Waals surface area (Å²) in [7, 11) is 0. The normalized spacial score (nSPS) is 18.5. The molecule has 1 N–H and O–H groups in total. The third-order valence-electron chi connectivity index (χ3n) is 4.63. The lowest BCUT2D eigenvalue weighted by molar-refractivity contribution is 0.272. The van der Waals surface area contributed by atoms with Crippen molar-refractivity contribution in [2.24, 2.45) is 5.92 Å². The van der Waals surface area contributed by atoms with Crippen molar-refractivity contribution < 1.29 is 0 Å². The number of hydrogen-bond donors (Lipinski definition) is 1. The van der Waals surface area contributed by atoms with Crippen LogP contribution in [0.2, 0.25) is 0 Å². The molecule has 0 heterocycles. The van der Waals surface area contributed by atoms with Crippen LogP contribution in [0.15, 0.2) is 18.2 Å². The minimum atomic E-state index is 0.569. The molecule has 0 aromatic heterocycles. The van der Waals surface area contributed by atoms with Crippen LogP contribution in [0.4, 0.5) is 0 Å². The van der Waals surface area contributed by atoms with Crippen molar-refractivity contribution in [3.8, 4) is 0 Å². The maximum absolute atomic E-state index is 3.80. The van der Waals surface area contributed by atoms with Crippen molar-refractivity contribution in [1.29, 1.82) is 0 Å². The Hall–Kier alpha value is -0.820. The van der Waals surface area contributed by atoms with Gasteiger partial charge in [0.2, 0.25) is 0 Å². The second-order valence-electron chi connectivity index (χ2n) is 6.17. The monoisotopic (exact) mass is 259 g/mol. The zero-order chi connectivity index (χ0) is 13.7. The maximum atomic E-state index is 3.80. The average molecular weight is 259 g/mol. The van der Waals surface area contributed by atoms with Gasteiger partial charge in [0.05, 0.1) is 0 Å². The summed E-state index contributed by atoms with van der Waals surface area (Å²) in [6, 6.07) is 7.59. The molecule has 1 saturated carbocycles. The van der Waals surface area contributed by atoms with E-state index in [1.807, 2.05) is 0 Å². The molecule has 1 aliphatic rings. The molecule has 106 valence electrons. The van der Waals surface area contributed by atoms with Crippen molar-refractivity contribution >= 4 is 0 Å². The Morgan fingerprint density at radius 2 is 1.84 bits per heavy atom. The molecule has 0 aliphatic heterocycles. The summed E-state index contributed by atoms with van der Waals surface area (Å²) in [6.45, 7) is 7.82. The molecule has 0 radical (unpaired) electrons. The summed E-state index contributed by atoms with van der Waals surface area (Å²) < 4.78 is 0. The van der Waals surface area contributed by atoms with Gasteiger partial charge in [0.15, 0.2) is 0 Å². The van der Waals surface area contributed by atoms with Crippen molar-refractivity contribution in [2.75, 3.05) is 6.54 Å². The van der Waals surface area contributed by atoms with Gasteiger partial charge in [0.25, 0.3) is 0 Å². The first-order valence-corrected chi connectivity index (χ1v) is 8.03. The highest BCUT2D eigenvalue weighted by Crippen LogP contribution is 2.35. The fourth-order valence-corrected chi connectivity index (χ4v) is 3.28. The lowest BCUT2D eigenvalue weighted by Crippen LogP contribution is -2.30. The summed E-state index contributed by atoms with van der Waals surface area (Å²) in [6.07, 6.45) is 8.28. The van der Waals surface area contributed by atoms with Crippen LogP contribution in [-0.4, -0.2) is 6.54 Å². The van der Waals surface area contributed by atoms with Gasteiger partial charge in [-0.1, -0.05) is 44.4 Å². The lowest BCUT2D eigenvalue weighted by Gasteiger charge is -2.32. The van der Waals surface area contributed by atoms with Crippen molar-refractivity contribution in [2.45, 2.75) is 65.3 Å². The van der Waals surface area contributed by atoms with Crippen LogP contribution in [0.1, 0.15) is 68.2 Å². The van der Waals surface area contributed by atoms with E-state index in [1.165, 1.54) is 55.2 Å². The van der Waals surface area contributed by atoms with Crippen molar-refractivity contribution in [1.82, 2.24) is 5.32 Å². The SMILES string of the molecule is CCCNC(c1ccc(C)c(C)c1)C1CCCCC1. The van der Waals surface area contributed by atoms with Gasteiger partial charge in [0.1, 0.15) is 0 Å². The molecule has 0 saturated heterocycles. The number of aryl methyl sites for hydroxylation is 2. The number of benzene rings is 1. The molecule has 1 atom stereocenters. The van der Waals surface area contributed by atoms with Crippen LogP contribution < -0.4 is 5.32 Å². The highest BCUT2D eigenvalue weighted by Gasteiger charge is 2.24. The standard InChI is InChI=1S/C18H29N/c1-4-12-19-18(16-8-6-5-7-9-16)17-11-10-14(2)15(3)13-17/h10-11,13,16,18-19H,4-9,12H2,1-3H3. The van der Waals surface area contributed by atoms with E-state index in [0.29, 0.717) is 6.04 Å². The first-order chi connectivity index (χ1) is 9.22. The molecule has 1 fully saturated rings. The van der Waals surface area contributed by atoms with Gasteiger partial charge in [-0.05, 0) is 62.3 Å². The topological polar surface area (TPSA) is 12.0 Å². The highest BCUT2D eigenvalue weighted by atomic mass is 14.9. The minimum Gasteiger partial charge on any atom is -0.310 e. The van der Waals surface area contributed by atoms with E-state index in [4.69, 9.17) is 0 Å². The van der Waals surface area contributed by atoms with Gasteiger partial charge < -0.3 is 5.32 Å². The third-order valence-corrected chi connectivity index (χ3v) is 4.63. The van der Waals surface area contributed by atoms with E-state index in [0.717, 1.165) is 12.5 Å². The Morgan fingerprint density at radius 1 is 1.11 bits per heavy atom. The van der Waals surface area contributed by atoms with E-state index in [2.05, 4.69) is 44.3 Å². The van der Waals surface area contributed by atoms with Gasteiger partial charge in [-0.2, -0.15) is 0 Å². The second kappa shape index (κ2) is 7.09. The van der Waals surface area contributed by atoms with Crippen molar-refractivity contribution in [3.05, 3.63) is 34.9 Å². The van der Waals surface area contributed by atoms with E-state index < -0.39 is 0 Å². The first-order valence-electron chi connectivity index (χ1n) is 8.03. The Labute approximate surface area is 118 Å². The maximum Gasteiger partial charge on any atom is 0.0348 e. The Balaban J connectivity index is 2.17. The average Bonchev–Trinajstić information content (AvgIpc) is 2.44. The Bertz CT molecular complexity index is 391. The molecule has 1 unspecified atom stereocenters. The van der Waals surface area contributed by atoms with Crippen molar-refractivity contribution in [3.63, 3.8) is 0 Å². The summed E-state index contributed by atoms with van der Waals surface area (Å²) in [5.41, 5.74) is 4.33. The fourth-order valence-electron chi connectivity index (χ4n) is 3.28. The molecule has 1 aliphatic carbocycles. The van der Waals surface area contributed by atoms with E-state index >= 15 is 0 Å². The molecule has 1 aromatic carbocycles. The second-order valence-corrected chi connectivity index (χ2v) is 6.17. The smallest absolute Gasteiger partial charge is 0.0348 e. The van der Waals surface area contributed by atoms with E-state index in [-0.39, 0.29) is 0 Å². The molecule has 1 heteroatoms. The van der Waals surface area contributed by atoms with Crippen LogP contribution >= 0.6 is 0 Å². The summed E-state index contributed by atoms with van der Waals surface area (Å²) in [5, 5.41) is 3.80. The Kier molecular flexibility index (Phi) is 5.45. The first kappa shape index (κ1) is 14.6.